The van der Waals surface area contributed by atoms with Crippen molar-refractivity contribution in [3.05, 3.63) is 51.2 Å². The van der Waals surface area contributed by atoms with Crippen LogP contribution in [0.25, 0.3) is 0 Å². The van der Waals surface area contributed by atoms with Crippen LogP contribution in [0.3, 0.4) is 0 Å². The minimum atomic E-state index is 0.636. The average molecular weight is 357 g/mol. The van der Waals surface area contributed by atoms with Crippen LogP contribution >= 0.6 is 46.9 Å². The summed E-state index contributed by atoms with van der Waals surface area (Å²) < 4.78 is 0. The van der Waals surface area contributed by atoms with Crippen molar-refractivity contribution in [2.75, 3.05) is 17.6 Å². The van der Waals surface area contributed by atoms with Crippen LogP contribution in [-0.4, -0.2) is 17.4 Å². The summed E-state index contributed by atoms with van der Waals surface area (Å²) in [7, 11) is 0. The third-order valence-electron chi connectivity index (χ3n) is 2.87. The molecule has 0 aliphatic rings. The number of halogens is 1. The minimum absolute atomic E-state index is 0.636. The zero-order valence-corrected chi connectivity index (χ0v) is 14.9. The van der Waals surface area contributed by atoms with E-state index in [-0.39, 0.29) is 0 Å². The van der Waals surface area contributed by atoms with Crippen molar-refractivity contribution in [1.82, 2.24) is 5.32 Å². The number of thiocarbonyl (C=S) groups is 1. The molecule has 0 spiro atoms. The molecule has 0 atom stereocenters. The summed E-state index contributed by atoms with van der Waals surface area (Å²) in [4.78, 5) is 1.41. The standard InChI is InChI=1S/C15H17ClN2S3/c1-11-13(16)5-2-6-14(11)18-15(19)17-7-9-20-10-12-4-3-8-21-12/h2-6,8H,7,9-10H2,1H3,(H2,17,18,19). The molecular weight excluding hydrogens is 340 g/mol. The topological polar surface area (TPSA) is 24.1 Å². The Bertz CT molecular complexity index is 585. The van der Waals surface area contributed by atoms with Crippen LogP contribution in [0.2, 0.25) is 5.02 Å². The lowest BCUT2D eigenvalue weighted by molar-refractivity contribution is 0.989. The molecule has 2 rings (SSSR count). The van der Waals surface area contributed by atoms with E-state index in [2.05, 4.69) is 28.1 Å². The first-order valence-electron chi connectivity index (χ1n) is 6.57. The summed E-state index contributed by atoms with van der Waals surface area (Å²) in [5, 5.41) is 9.89. The first-order chi connectivity index (χ1) is 10.2. The van der Waals surface area contributed by atoms with Gasteiger partial charge < -0.3 is 10.6 Å². The van der Waals surface area contributed by atoms with Gasteiger partial charge in [0.15, 0.2) is 5.11 Å². The summed E-state index contributed by atoms with van der Waals surface area (Å²) in [5.41, 5.74) is 1.96. The molecule has 0 amide bonds. The van der Waals surface area contributed by atoms with Gasteiger partial charge in [0, 0.05) is 33.6 Å². The molecule has 0 fully saturated rings. The number of rotatable bonds is 6. The van der Waals surface area contributed by atoms with Gasteiger partial charge in [-0.3, -0.25) is 0 Å². The van der Waals surface area contributed by atoms with Crippen LogP contribution in [-0.2, 0) is 5.75 Å². The van der Waals surface area contributed by atoms with Crippen molar-refractivity contribution in [2.45, 2.75) is 12.7 Å². The molecule has 0 aliphatic carbocycles. The summed E-state index contributed by atoms with van der Waals surface area (Å²) in [6.45, 7) is 2.83. The Morgan fingerprint density at radius 3 is 2.95 bits per heavy atom. The summed E-state index contributed by atoms with van der Waals surface area (Å²) >= 11 is 15.1. The maximum absolute atomic E-state index is 6.09. The number of thiophene rings is 1. The zero-order valence-electron chi connectivity index (χ0n) is 11.7. The SMILES string of the molecule is Cc1c(Cl)cccc1NC(=S)NCCSCc1cccs1. The van der Waals surface area contributed by atoms with E-state index in [4.69, 9.17) is 23.8 Å². The molecule has 21 heavy (non-hydrogen) atoms. The summed E-state index contributed by atoms with van der Waals surface area (Å²) in [6.07, 6.45) is 0. The lowest BCUT2D eigenvalue weighted by atomic mass is 10.2. The van der Waals surface area contributed by atoms with Gasteiger partial charge in [-0.1, -0.05) is 23.7 Å². The number of thioether (sulfide) groups is 1. The molecule has 2 N–H and O–H groups in total. The van der Waals surface area contributed by atoms with Crippen LogP contribution in [0.15, 0.2) is 35.7 Å². The van der Waals surface area contributed by atoms with Crippen LogP contribution in [0.4, 0.5) is 5.69 Å². The van der Waals surface area contributed by atoms with E-state index in [1.165, 1.54) is 4.88 Å². The van der Waals surface area contributed by atoms with Crippen LogP contribution in [0.5, 0.6) is 0 Å². The molecule has 1 aromatic heterocycles. The molecule has 0 aliphatic heterocycles. The van der Waals surface area contributed by atoms with Crippen molar-refractivity contribution in [2.24, 2.45) is 0 Å². The van der Waals surface area contributed by atoms with Gasteiger partial charge in [-0.05, 0) is 48.3 Å². The lowest BCUT2D eigenvalue weighted by Gasteiger charge is -2.13. The van der Waals surface area contributed by atoms with E-state index in [1.54, 1.807) is 11.3 Å². The first-order valence-corrected chi connectivity index (χ1v) is 9.39. The fourth-order valence-electron chi connectivity index (χ4n) is 1.71. The Morgan fingerprint density at radius 1 is 1.33 bits per heavy atom. The van der Waals surface area contributed by atoms with E-state index in [0.717, 1.165) is 34.3 Å². The summed E-state index contributed by atoms with van der Waals surface area (Å²) in [5.74, 6) is 2.08. The second kappa shape index (κ2) is 8.63. The fraction of sp³-hybridized carbons (Fsp3) is 0.267. The summed E-state index contributed by atoms with van der Waals surface area (Å²) in [6, 6.07) is 10.0. The van der Waals surface area contributed by atoms with E-state index < -0.39 is 0 Å². The van der Waals surface area contributed by atoms with Gasteiger partial charge in [-0.2, -0.15) is 11.8 Å². The van der Waals surface area contributed by atoms with Crippen LogP contribution in [0.1, 0.15) is 10.4 Å². The van der Waals surface area contributed by atoms with Gasteiger partial charge in [0.05, 0.1) is 0 Å². The highest BCUT2D eigenvalue weighted by molar-refractivity contribution is 7.98. The van der Waals surface area contributed by atoms with Gasteiger partial charge in [0.1, 0.15) is 0 Å². The Kier molecular flexibility index (Phi) is 6.83. The first kappa shape index (κ1) is 16.6. The van der Waals surface area contributed by atoms with Crippen molar-refractivity contribution in [3.8, 4) is 0 Å². The highest BCUT2D eigenvalue weighted by atomic mass is 35.5. The van der Waals surface area contributed by atoms with E-state index in [1.807, 2.05) is 36.9 Å². The van der Waals surface area contributed by atoms with Gasteiger partial charge in [-0.25, -0.2) is 0 Å². The molecule has 0 unspecified atom stereocenters. The predicted octanol–water partition coefficient (Wildman–Crippen LogP) is 4.93. The van der Waals surface area contributed by atoms with Gasteiger partial charge >= 0.3 is 0 Å². The molecule has 0 saturated heterocycles. The highest BCUT2D eigenvalue weighted by Crippen LogP contribution is 2.22. The Morgan fingerprint density at radius 2 is 2.19 bits per heavy atom. The fourth-order valence-corrected chi connectivity index (χ4v) is 3.80. The monoisotopic (exact) mass is 356 g/mol. The number of hydrogen-bond acceptors (Lipinski definition) is 3. The van der Waals surface area contributed by atoms with Gasteiger partial charge in [-0.15, -0.1) is 11.3 Å². The molecule has 1 heterocycles. The molecule has 0 radical (unpaired) electrons. The maximum atomic E-state index is 6.09. The predicted molar refractivity (Wildman–Crippen MR) is 101 cm³/mol. The molecule has 112 valence electrons. The van der Waals surface area contributed by atoms with Crippen molar-refractivity contribution < 1.29 is 0 Å². The van der Waals surface area contributed by atoms with E-state index in [9.17, 15) is 0 Å². The number of anilines is 1. The van der Waals surface area contributed by atoms with Gasteiger partial charge in [0.25, 0.3) is 0 Å². The quantitative estimate of drug-likeness (QED) is 0.566. The molecule has 0 bridgehead atoms. The maximum Gasteiger partial charge on any atom is 0.170 e. The number of benzene rings is 1. The zero-order chi connectivity index (χ0) is 15.1. The van der Waals surface area contributed by atoms with Gasteiger partial charge in [0.2, 0.25) is 0 Å². The van der Waals surface area contributed by atoms with Crippen molar-refractivity contribution >= 4 is 57.7 Å². The largest absolute Gasteiger partial charge is 0.362 e. The Labute approximate surface area is 144 Å². The van der Waals surface area contributed by atoms with Crippen molar-refractivity contribution in [3.63, 3.8) is 0 Å². The average Bonchev–Trinajstić information content (AvgIpc) is 2.97. The van der Waals surface area contributed by atoms with E-state index >= 15 is 0 Å². The lowest BCUT2D eigenvalue weighted by Crippen LogP contribution is -2.30. The molecule has 1 aromatic carbocycles. The Balaban J connectivity index is 1.66. The second-order valence-electron chi connectivity index (χ2n) is 4.43. The van der Waals surface area contributed by atoms with Crippen molar-refractivity contribution in [1.29, 1.82) is 0 Å². The number of nitrogens with one attached hydrogen (secondary N) is 2. The second-order valence-corrected chi connectivity index (χ2v) is 7.38. The molecule has 0 saturated carbocycles. The Hall–Kier alpha value is -0.750. The van der Waals surface area contributed by atoms with Crippen LogP contribution < -0.4 is 10.6 Å². The highest BCUT2D eigenvalue weighted by Gasteiger charge is 2.03. The number of hydrogen-bond donors (Lipinski definition) is 2. The third-order valence-corrected chi connectivity index (χ3v) is 5.60. The molecule has 2 aromatic rings. The molecule has 6 heteroatoms. The smallest absolute Gasteiger partial charge is 0.170 e. The third kappa shape index (κ3) is 5.51. The minimum Gasteiger partial charge on any atom is -0.362 e. The van der Waals surface area contributed by atoms with Crippen LogP contribution in [0, 0.1) is 6.92 Å². The molecular formula is C15H17ClN2S3. The normalized spacial score (nSPS) is 10.4. The molecule has 2 nitrogen and oxygen atoms in total. The van der Waals surface area contributed by atoms with E-state index in [0.29, 0.717) is 5.11 Å².